The first-order chi connectivity index (χ1) is 11.0. The summed E-state index contributed by atoms with van der Waals surface area (Å²) in [6.07, 6.45) is 2.68. The number of carbonyl (C=O) groups excluding carboxylic acids is 1. The standard InChI is InChI=1S/C16H19FN4OS/c1-10-19-16(23-20-10)21-6-4-11(5-7-21)8-12-2-3-13(15(18)22)9-14(12)17/h2-3,9,11H,4-8H2,1H3,(H2,18,22). The molecule has 23 heavy (non-hydrogen) atoms. The topological polar surface area (TPSA) is 72.1 Å². The summed E-state index contributed by atoms with van der Waals surface area (Å²) in [5.41, 5.74) is 6.04. The Kier molecular flexibility index (Phi) is 4.56. The quantitative estimate of drug-likeness (QED) is 0.933. The van der Waals surface area contributed by atoms with Crippen molar-refractivity contribution in [3.8, 4) is 0 Å². The predicted octanol–water partition coefficient (Wildman–Crippen LogP) is 2.54. The number of aromatic nitrogens is 2. The fraction of sp³-hybridized carbons (Fsp3) is 0.438. The van der Waals surface area contributed by atoms with Gasteiger partial charge in [0.2, 0.25) is 11.0 Å². The minimum absolute atomic E-state index is 0.215. The molecule has 0 bridgehead atoms. The molecule has 1 fully saturated rings. The summed E-state index contributed by atoms with van der Waals surface area (Å²) < 4.78 is 18.3. The number of piperidine rings is 1. The van der Waals surface area contributed by atoms with E-state index in [-0.39, 0.29) is 11.4 Å². The Bertz CT molecular complexity index is 710. The van der Waals surface area contributed by atoms with Crippen LogP contribution in [0.4, 0.5) is 9.52 Å². The van der Waals surface area contributed by atoms with Gasteiger partial charge in [0, 0.05) is 30.2 Å². The molecule has 0 spiro atoms. The lowest BCUT2D eigenvalue weighted by atomic mass is 9.90. The van der Waals surface area contributed by atoms with Gasteiger partial charge in [-0.25, -0.2) is 9.37 Å². The van der Waals surface area contributed by atoms with Crippen molar-refractivity contribution in [2.45, 2.75) is 26.2 Å². The van der Waals surface area contributed by atoms with E-state index in [1.807, 2.05) is 6.92 Å². The van der Waals surface area contributed by atoms with Crippen LogP contribution in [0.1, 0.15) is 34.6 Å². The van der Waals surface area contributed by atoms with Crippen LogP contribution in [-0.2, 0) is 6.42 Å². The lowest BCUT2D eigenvalue weighted by Gasteiger charge is -2.31. The normalized spacial score (nSPS) is 15.8. The van der Waals surface area contributed by atoms with E-state index in [2.05, 4.69) is 14.3 Å². The fourth-order valence-corrected chi connectivity index (χ4v) is 3.65. The molecule has 1 aromatic heterocycles. The number of benzene rings is 1. The van der Waals surface area contributed by atoms with Gasteiger partial charge in [-0.2, -0.15) is 4.37 Å². The van der Waals surface area contributed by atoms with Crippen LogP contribution in [0.15, 0.2) is 18.2 Å². The van der Waals surface area contributed by atoms with Gasteiger partial charge in [0.25, 0.3) is 0 Å². The van der Waals surface area contributed by atoms with Gasteiger partial charge in [-0.1, -0.05) is 6.07 Å². The molecule has 2 N–H and O–H groups in total. The van der Waals surface area contributed by atoms with Crippen molar-refractivity contribution in [2.75, 3.05) is 18.0 Å². The fourth-order valence-electron chi connectivity index (χ4n) is 2.92. The first-order valence-electron chi connectivity index (χ1n) is 7.66. The summed E-state index contributed by atoms with van der Waals surface area (Å²) >= 11 is 1.43. The van der Waals surface area contributed by atoms with Gasteiger partial charge in [0.15, 0.2) is 0 Å². The zero-order chi connectivity index (χ0) is 16.4. The number of carbonyl (C=O) groups is 1. The molecule has 0 saturated carbocycles. The van der Waals surface area contributed by atoms with Crippen LogP contribution in [0.3, 0.4) is 0 Å². The first-order valence-corrected chi connectivity index (χ1v) is 8.44. The number of nitrogens with two attached hydrogens (primary N) is 1. The molecule has 0 aliphatic carbocycles. The minimum atomic E-state index is -0.601. The third-order valence-corrected chi connectivity index (χ3v) is 5.12. The number of aryl methyl sites for hydroxylation is 1. The van der Waals surface area contributed by atoms with Crippen LogP contribution < -0.4 is 10.6 Å². The van der Waals surface area contributed by atoms with Gasteiger partial charge < -0.3 is 10.6 Å². The number of halogens is 1. The van der Waals surface area contributed by atoms with Gasteiger partial charge >= 0.3 is 0 Å². The number of amides is 1. The lowest BCUT2D eigenvalue weighted by molar-refractivity contribution is 0.1000. The molecule has 3 rings (SSSR count). The Balaban J connectivity index is 1.59. The highest BCUT2D eigenvalue weighted by molar-refractivity contribution is 7.09. The Labute approximate surface area is 138 Å². The van der Waals surface area contributed by atoms with Gasteiger partial charge in [0.1, 0.15) is 11.6 Å². The summed E-state index contributed by atoms with van der Waals surface area (Å²) in [5, 5.41) is 0.970. The molecule has 2 aromatic rings. The molecule has 0 radical (unpaired) electrons. The van der Waals surface area contributed by atoms with Crippen LogP contribution in [0.5, 0.6) is 0 Å². The molecule has 0 unspecified atom stereocenters. The summed E-state index contributed by atoms with van der Waals surface area (Å²) in [7, 11) is 0. The van der Waals surface area contributed by atoms with Crippen LogP contribution in [0, 0.1) is 18.7 Å². The molecule has 0 atom stereocenters. The van der Waals surface area contributed by atoms with Gasteiger partial charge in [-0.3, -0.25) is 4.79 Å². The highest BCUT2D eigenvalue weighted by atomic mass is 32.1. The molecule has 1 aromatic carbocycles. The first kappa shape index (κ1) is 15.9. The molecule has 1 saturated heterocycles. The second-order valence-corrected chi connectivity index (χ2v) is 6.66. The van der Waals surface area contributed by atoms with Crippen molar-refractivity contribution in [2.24, 2.45) is 11.7 Å². The molecule has 1 aliphatic heterocycles. The van der Waals surface area contributed by atoms with E-state index in [1.54, 1.807) is 12.1 Å². The highest BCUT2D eigenvalue weighted by Crippen LogP contribution is 2.27. The van der Waals surface area contributed by atoms with Crippen molar-refractivity contribution in [3.05, 3.63) is 41.0 Å². The van der Waals surface area contributed by atoms with E-state index >= 15 is 0 Å². The Morgan fingerprint density at radius 1 is 1.43 bits per heavy atom. The Hall–Kier alpha value is -2.02. The van der Waals surface area contributed by atoms with Gasteiger partial charge in [0.05, 0.1) is 0 Å². The molecular weight excluding hydrogens is 315 g/mol. The van der Waals surface area contributed by atoms with Crippen molar-refractivity contribution >= 4 is 22.6 Å². The van der Waals surface area contributed by atoms with E-state index in [9.17, 15) is 9.18 Å². The number of hydrogen-bond donors (Lipinski definition) is 1. The molecule has 1 aliphatic rings. The van der Waals surface area contributed by atoms with Gasteiger partial charge in [-0.15, -0.1) is 0 Å². The van der Waals surface area contributed by atoms with Crippen LogP contribution in [0.25, 0.3) is 0 Å². The minimum Gasteiger partial charge on any atom is -0.366 e. The van der Waals surface area contributed by atoms with Crippen molar-refractivity contribution < 1.29 is 9.18 Å². The molecule has 2 heterocycles. The zero-order valence-corrected chi connectivity index (χ0v) is 13.8. The smallest absolute Gasteiger partial charge is 0.248 e. The second-order valence-electron chi connectivity index (χ2n) is 5.93. The maximum Gasteiger partial charge on any atom is 0.248 e. The number of nitrogens with zero attached hydrogens (tertiary/aromatic N) is 3. The summed E-state index contributed by atoms with van der Waals surface area (Å²) in [6.45, 7) is 3.73. The van der Waals surface area contributed by atoms with Crippen LogP contribution in [0.2, 0.25) is 0 Å². The largest absolute Gasteiger partial charge is 0.366 e. The number of anilines is 1. The van der Waals surface area contributed by atoms with E-state index < -0.39 is 5.91 Å². The van der Waals surface area contributed by atoms with Gasteiger partial charge in [-0.05, 0) is 49.8 Å². The Morgan fingerprint density at radius 2 is 2.17 bits per heavy atom. The molecule has 1 amide bonds. The molecule has 122 valence electrons. The predicted molar refractivity (Wildman–Crippen MR) is 88.2 cm³/mol. The summed E-state index contributed by atoms with van der Waals surface area (Å²) in [5.74, 6) is 0.303. The average Bonchev–Trinajstić information content (AvgIpc) is 2.96. The number of primary amides is 1. The lowest BCUT2D eigenvalue weighted by Crippen LogP contribution is -2.34. The van der Waals surface area contributed by atoms with Crippen LogP contribution >= 0.6 is 11.5 Å². The van der Waals surface area contributed by atoms with Crippen molar-refractivity contribution in [1.29, 1.82) is 0 Å². The number of rotatable bonds is 4. The number of hydrogen-bond acceptors (Lipinski definition) is 5. The monoisotopic (exact) mass is 334 g/mol. The van der Waals surface area contributed by atoms with E-state index in [4.69, 9.17) is 5.73 Å². The SMILES string of the molecule is Cc1nsc(N2CCC(Cc3ccc(C(N)=O)cc3F)CC2)n1. The third-order valence-electron chi connectivity index (χ3n) is 4.25. The third kappa shape index (κ3) is 3.67. The van der Waals surface area contributed by atoms with Crippen molar-refractivity contribution in [3.63, 3.8) is 0 Å². The summed E-state index contributed by atoms with van der Waals surface area (Å²) in [4.78, 5) is 17.7. The van der Waals surface area contributed by atoms with E-state index in [0.717, 1.165) is 36.9 Å². The highest BCUT2D eigenvalue weighted by Gasteiger charge is 2.22. The van der Waals surface area contributed by atoms with E-state index in [1.165, 1.54) is 17.6 Å². The average molecular weight is 334 g/mol. The van der Waals surface area contributed by atoms with E-state index in [0.29, 0.717) is 17.9 Å². The molecule has 5 nitrogen and oxygen atoms in total. The maximum atomic E-state index is 14.1. The van der Waals surface area contributed by atoms with Crippen LogP contribution in [-0.4, -0.2) is 28.4 Å². The van der Waals surface area contributed by atoms with Crippen molar-refractivity contribution in [1.82, 2.24) is 9.36 Å². The zero-order valence-electron chi connectivity index (χ0n) is 13.0. The Morgan fingerprint density at radius 3 is 2.74 bits per heavy atom. The molecule has 7 heteroatoms. The molecular formula is C16H19FN4OS. The maximum absolute atomic E-state index is 14.1. The second kappa shape index (κ2) is 6.62. The summed E-state index contributed by atoms with van der Waals surface area (Å²) in [6, 6.07) is 4.51.